The molecule has 6 aliphatic heterocycles. The zero-order valence-electron chi connectivity index (χ0n) is 41.8. The number of aromatic nitrogens is 1. The molecule has 5 fully saturated rings. The van der Waals surface area contributed by atoms with Crippen molar-refractivity contribution in [3.05, 3.63) is 87.6 Å². The number of aliphatic imine (C=N–C) groups is 2. The van der Waals surface area contributed by atoms with E-state index in [0.717, 1.165) is 75.3 Å². The van der Waals surface area contributed by atoms with Gasteiger partial charge in [-0.05, 0) is 133 Å². The predicted molar refractivity (Wildman–Crippen MR) is 298 cm³/mol. The molecule has 4 unspecified atom stereocenters. The number of amides is 4. The van der Waals surface area contributed by atoms with Crippen LogP contribution in [0, 0.1) is 29.5 Å². The Balaban J connectivity index is 0.00000224. The van der Waals surface area contributed by atoms with Gasteiger partial charge in [-0.15, -0.1) is 11.3 Å². The number of carbonyl (C=O) groups excluding carboxylic acids is 4. The second-order valence-corrected chi connectivity index (χ2v) is 21.8. The molecule has 20 heteroatoms. The van der Waals surface area contributed by atoms with Crippen LogP contribution in [0.3, 0.4) is 0 Å². The highest BCUT2D eigenvalue weighted by molar-refractivity contribution is 7.59. The Kier molecular flexibility index (Phi) is 15.5. The van der Waals surface area contributed by atoms with Gasteiger partial charge in [0.25, 0.3) is 0 Å². The third kappa shape index (κ3) is 9.55. The Labute approximate surface area is 454 Å². The van der Waals surface area contributed by atoms with Gasteiger partial charge in [0.2, 0.25) is 18.0 Å². The number of methoxy groups -OCH3 is 2. The van der Waals surface area contributed by atoms with E-state index in [0.29, 0.717) is 61.9 Å². The molecule has 8 heterocycles. The first-order chi connectivity index (χ1) is 34.5. The van der Waals surface area contributed by atoms with Crippen LogP contribution < -0.4 is 15.4 Å². The van der Waals surface area contributed by atoms with E-state index >= 15 is 4.39 Å². The number of nitrogens with zero attached hydrogens (tertiary/aromatic N) is 5. The quantitative estimate of drug-likeness (QED) is 0.142. The molecule has 74 heavy (non-hydrogen) atoms. The Bertz CT molecular complexity index is 3010. The highest BCUT2D eigenvalue weighted by Crippen LogP contribution is 2.54. The lowest BCUT2D eigenvalue weighted by molar-refractivity contribution is -0.134. The summed E-state index contributed by atoms with van der Waals surface area (Å²) in [4.78, 5) is 68.6. The summed E-state index contributed by atoms with van der Waals surface area (Å²) in [6.45, 7) is 6.15. The molecule has 394 valence electrons. The van der Waals surface area contributed by atoms with Gasteiger partial charge in [0.05, 0.1) is 61.2 Å². The van der Waals surface area contributed by atoms with Crippen LogP contribution in [-0.2, 0) is 23.8 Å². The topological polar surface area (TPSA) is 165 Å². The third-order valence-electron chi connectivity index (χ3n) is 16.1. The molecular formula is C54H64FN7O8S4. The number of allylic oxidation sites excluding steroid dienone is 2. The number of halogens is 1. The first kappa shape index (κ1) is 53.5. The number of nitrogens with one attached hydrogen (secondary N) is 2. The summed E-state index contributed by atoms with van der Waals surface area (Å²) in [5.74, 6) is 0.779. The maximum atomic E-state index is 17.0. The van der Waals surface area contributed by atoms with Gasteiger partial charge in [-0.2, -0.15) is 40.5 Å². The van der Waals surface area contributed by atoms with Crippen molar-refractivity contribution >= 4 is 109 Å². The number of ether oxygens (including phenoxy) is 4. The zero-order chi connectivity index (χ0) is 48.8. The number of hydrogen-bond acceptors (Lipinski definition) is 11. The van der Waals surface area contributed by atoms with Crippen LogP contribution in [0.1, 0.15) is 98.2 Å². The van der Waals surface area contributed by atoms with Crippen molar-refractivity contribution in [3.8, 4) is 17.0 Å². The van der Waals surface area contributed by atoms with Gasteiger partial charge >= 0.3 is 12.2 Å². The van der Waals surface area contributed by atoms with Crippen molar-refractivity contribution in [2.45, 2.75) is 102 Å². The van der Waals surface area contributed by atoms with Crippen molar-refractivity contribution in [2.75, 3.05) is 40.5 Å². The monoisotopic (exact) mass is 1090 g/mol. The molecule has 8 aliphatic rings. The Hall–Kier alpha value is -5.28. The number of hydrogen-bond donors (Lipinski definition) is 2. The highest BCUT2D eigenvalue weighted by atomic mass is 32.1. The van der Waals surface area contributed by atoms with Crippen molar-refractivity contribution in [2.24, 2.45) is 33.7 Å². The first-order valence-corrected chi connectivity index (χ1v) is 25.9. The molecular weight excluding hydrogens is 1020 g/mol. The summed E-state index contributed by atoms with van der Waals surface area (Å²) in [6.07, 6.45) is 8.49. The van der Waals surface area contributed by atoms with E-state index in [1.165, 1.54) is 31.9 Å². The fraction of sp³-hybridized carbons (Fsp3) is 0.481. The first-order valence-electron chi connectivity index (χ1n) is 25.1. The molecule has 2 aromatic heterocycles. The Morgan fingerprint density at radius 1 is 0.757 bits per heavy atom. The smallest absolute Gasteiger partial charge is 0.407 e. The van der Waals surface area contributed by atoms with Gasteiger partial charge in [-0.3, -0.25) is 24.1 Å². The van der Waals surface area contributed by atoms with Crippen LogP contribution in [0.2, 0.25) is 0 Å². The summed E-state index contributed by atoms with van der Waals surface area (Å²) >= 11 is 1.76. The normalized spacial score (nSPS) is 24.9. The van der Waals surface area contributed by atoms with E-state index in [1.807, 2.05) is 35.9 Å². The van der Waals surface area contributed by atoms with E-state index in [2.05, 4.69) is 51.6 Å². The standard InChI is InChI=1S/C54H58FN7O8S.3H2S/c1-27(2)48(58-53(65)67-3)50(63)60-15-5-7-40(60)38-20-33(24-57-38)30-18-36(55)47-42-21-31-17-29(11-12-39(31)62(42)52(70-43(47)22-30)45-14-13-44(71-45)28-9-10-28)32-19-37(56-23-32)41-8-6-16-61(41)51(64)49(59-54(66)68-4)46-34-25-69-26-35(34)46;;;/h11-14,17-18,21-24,27-28,34-35,40-41,46,48-49,52H,5-10,15-16,19-20,25-26H2,1-4H3,(H,58,65)(H,59,66);3*1H2/t34?,35?,40-,41-,46?,48-,49?,52?;;;/m0.../s1. The molecule has 12 rings (SSSR count). The molecule has 2 aromatic carbocycles. The summed E-state index contributed by atoms with van der Waals surface area (Å²) in [5.41, 5.74) is 7.35. The largest absolute Gasteiger partial charge is 0.464 e. The SMILES string of the molecule is COC(=O)NC(C(=O)N1CCC[C@H]1C1=NC=C(c2ccc3c(c2)cc2n3C(c3ccc(C4CC4)s3)Oc3cc(C4=CN=C([C@@H]5CCCN5C(=O)[C@@H](NC(=O)OC)C(C)C)C4)cc(F)c3-2)C1)C1C2COCC21.S.S.S. The fourth-order valence-electron chi connectivity index (χ4n) is 12.2. The number of thiophene rings is 1. The molecule has 2 N–H and O–H groups in total. The van der Waals surface area contributed by atoms with E-state index in [4.69, 9.17) is 28.9 Å². The average Bonchev–Trinajstić information content (AvgIpc) is 3.99. The molecule has 15 nitrogen and oxygen atoms in total. The molecule has 2 aliphatic carbocycles. The number of rotatable bonds is 12. The molecule has 4 amide bonds. The number of alkyl carbamates (subject to hydrolysis) is 2. The van der Waals surface area contributed by atoms with Crippen LogP contribution >= 0.6 is 51.8 Å². The lowest BCUT2D eigenvalue weighted by Crippen LogP contribution is -2.53. The van der Waals surface area contributed by atoms with Gasteiger partial charge in [0.15, 0.2) is 0 Å². The maximum Gasteiger partial charge on any atom is 0.407 e. The summed E-state index contributed by atoms with van der Waals surface area (Å²) < 4.78 is 41.5. The van der Waals surface area contributed by atoms with Crippen molar-refractivity contribution in [1.82, 2.24) is 25.0 Å². The second kappa shape index (κ2) is 21.4. The summed E-state index contributed by atoms with van der Waals surface area (Å²) in [7, 11) is 2.60. The van der Waals surface area contributed by atoms with E-state index in [9.17, 15) is 19.2 Å². The Morgan fingerprint density at radius 3 is 2.01 bits per heavy atom. The molecule has 3 saturated heterocycles. The lowest BCUT2D eigenvalue weighted by Gasteiger charge is -2.31. The minimum atomic E-state index is -0.738. The van der Waals surface area contributed by atoms with Crippen LogP contribution in [0.4, 0.5) is 14.0 Å². The van der Waals surface area contributed by atoms with Gasteiger partial charge < -0.3 is 39.4 Å². The highest BCUT2D eigenvalue weighted by Gasteiger charge is 2.60. The number of likely N-dealkylation sites (tertiary alicyclic amines) is 2. The van der Waals surface area contributed by atoms with E-state index < -0.39 is 36.3 Å². The van der Waals surface area contributed by atoms with Crippen LogP contribution in [0.15, 0.2) is 70.9 Å². The van der Waals surface area contributed by atoms with Crippen molar-refractivity contribution < 1.29 is 42.5 Å². The minimum Gasteiger partial charge on any atom is -0.464 e. The van der Waals surface area contributed by atoms with Gasteiger partial charge in [-0.25, -0.2) is 14.0 Å². The second-order valence-electron chi connectivity index (χ2n) is 20.7. The van der Waals surface area contributed by atoms with Gasteiger partial charge in [-0.1, -0.05) is 19.9 Å². The maximum absolute atomic E-state index is 17.0. The molecule has 0 radical (unpaired) electrons. The molecule has 0 bridgehead atoms. The fourth-order valence-corrected chi connectivity index (χ4v) is 13.4. The molecule has 7 atom stereocenters. The van der Waals surface area contributed by atoms with Crippen molar-refractivity contribution in [1.29, 1.82) is 0 Å². The zero-order valence-corrected chi connectivity index (χ0v) is 45.6. The van der Waals surface area contributed by atoms with Crippen LogP contribution in [0.25, 0.3) is 33.3 Å². The van der Waals surface area contributed by atoms with Crippen molar-refractivity contribution in [3.63, 3.8) is 0 Å². The van der Waals surface area contributed by atoms with E-state index in [-0.39, 0.29) is 88.1 Å². The average molecular weight is 1090 g/mol. The number of fused-ring (bicyclic) bond motifs is 6. The minimum absolute atomic E-state index is 0. The Morgan fingerprint density at radius 2 is 1.38 bits per heavy atom. The molecule has 4 aromatic rings. The number of benzene rings is 2. The van der Waals surface area contributed by atoms with Gasteiger partial charge in [0.1, 0.15) is 23.7 Å². The third-order valence-corrected chi connectivity index (χ3v) is 17.4. The summed E-state index contributed by atoms with van der Waals surface area (Å²) in [5, 5.41) is 6.53. The number of carbonyl (C=O) groups is 4. The molecule has 0 spiro atoms. The predicted octanol–water partition coefficient (Wildman–Crippen LogP) is 9.01. The lowest BCUT2D eigenvalue weighted by atomic mass is 9.95. The van der Waals surface area contributed by atoms with Crippen LogP contribution in [-0.4, -0.2) is 114 Å². The van der Waals surface area contributed by atoms with Gasteiger partial charge in [0, 0.05) is 60.0 Å². The van der Waals surface area contributed by atoms with E-state index in [1.54, 1.807) is 23.6 Å². The summed E-state index contributed by atoms with van der Waals surface area (Å²) in [6, 6.07) is 14.4. The molecule has 2 saturated carbocycles. The van der Waals surface area contributed by atoms with Crippen LogP contribution in [0.5, 0.6) is 5.75 Å².